The largest absolute Gasteiger partial charge is 0.495 e. The van der Waals surface area contributed by atoms with Gasteiger partial charge in [0.2, 0.25) is 10.0 Å². The van der Waals surface area contributed by atoms with Gasteiger partial charge in [-0.25, -0.2) is 12.7 Å². The zero-order valence-corrected chi connectivity index (χ0v) is 19.3. The zero-order chi connectivity index (χ0) is 23.5. The number of ether oxygens (including phenoxy) is 2. The monoisotopic (exact) mass is 459 g/mol. The number of anilines is 1. The quantitative estimate of drug-likeness (QED) is 0.550. The van der Waals surface area contributed by atoms with Gasteiger partial charge in [-0.1, -0.05) is 5.16 Å². The van der Waals surface area contributed by atoms with Gasteiger partial charge in [-0.15, -0.1) is 0 Å². The first-order valence-corrected chi connectivity index (χ1v) is 11.1. The number of nitrogens with zero attached hydrogens (tertiary/aromatic N) is 2. The highest BCUT2D eigenvalue weighted by atomic mass is 32.2. The predicted octanol–water partition coefficient (Wildman–Crippen LogP) is 3.38. The third kappa shape index (κ3) is 4.92. The second-order valence-electron chi connectivity index (χ2n) is 7.22. The standard InChI is InChI=1S/C22H25N3O6S/c1-14-19(15(2)31-24-14)13-30-17-8-6-16(7-9-17)22(26)23-20-12-18(10-11-21(20)29-5)32(27,28)25(3)4/h6-12H,13H2,1-5H3,(H,23,26). The molecule has 0 spiro atoms. The third-order valence-corrected chi connectivity index (χ3v) is 6.69. The van der Waals surface area contributed by atoms with Crippen molar-refractivity contribution in [2.45, 2.75) is 25.3 Å². The summed E-state index contributed by atoms with van der Waals surface area (Å²) in [5, 5.41) is 6.60. The van der Waals surface area contributed by atoms with E-state index in [0.717, 1.165) is 15.6 Å². The molecule has 2 aromatic carbocycles. The molecule has 1 N–H and O–H groups in total. The highest BCUT2D eigenvalue weighted by molar-refractivity contribution is 7.89. The minimum atomic E-state index is -3.66. The van der Waals surface area contributed by atoms with Crippen LogP contribution in [0.15, 0.2) is 51.9 Å². The van der Waals surface area contributed by atoms with Gasteiger partial charge in [0, 0.05) is 19.7 Å². The van der Waals surface area contributed by atoms with Gasteiger partial charge in [0.05, 0.1) is 29.0 Å². The fourth-order valence-corrected chi connectivity index (χ4v) is 3.84. The maximum atomic E-state index is 12.7. The van der Waals surface area contributed by atoms with Gasteiger partial charge in [0.15, 0.2) is 0 Å². The molecule has 1 amide bonds. The topological polar surface area (TPSA) is 111 Å². The van der Waals surface area contributed by atoms with Gasteiger partial charge < -0.3 is 19.3 Å². The molecule has 170 valence electrons. The Labute approximate surface area is 187 Å². The predicted molar refractivity (Wildman–Crippen MR) is 119 cm³/mol. The van der Waals surface area contributed by atoms with E-state index in [0.29, 0.717) is 29.4 Å². The number of methoxy groups -OCH3 is 1. The molecule has 0 aliphatic rings. The molecule has 32 heavy (non-hydrogen) atoms. The number of aryl methyl sites for hydroxylation is 2. The summed E-state index contributed by atoms with van der Waals surface area (Å²) >= 11 is 0. The molecule has 0 radical (unpaired) electrons. The summed E-state index contributed by atoms with van der Waals surface area (Å²) in [6.45, 7) is 3.96. The third-order valence-electron chi connectivity index (χ3n) is 4.88. The first-order valence-electron chi connectivity index (χ1n) is 9.70. The van der Waals surface area contributed by atoms with Crippen molar-refractivity contribution in [2.24, 2.45) is 0 Å². The van der Waals surface area contributed by atoms with Crippen LogP contribution in [0.25, 0.3) is 0 Å². The van der Waals surface area contributed by atoms with Gasteiger partial charge in [-0.3, -0.25) is 4.79 Å². The van der Waals surface area contributed by atoms with Gasteiger partial charge >= 0.3 is 0 Å². The van der Waals surface area contributed by atoms with Gasteiger partial charge in [-0.2, -0.15) is 0 Å². The van der Waals surface area contributed by atoms with Crippen molar-refractivity contribution in [3.8, 4) is 11.5 Å². The number of benzene rings is 2. The Balaban J connectivity index is 1.74. The first kappa shape index (κ1) is 23.3. The number of carbonyl (C=O) groups excluding carboxylic acids is 1. The molecule has 0 fully saturated rings. The lowest BCUT2D eigenvalue weighted by molar-refractivity contribution is 0.102. The fraction of sp³-hybridized carbons (Fsp3) is 0.273. The van der Waals surface area contributed by atoms with Crippen LogP contribution in [-0.2, 0) is 16.6 Å². The molecule has 0 saturated carbocycles. The van der Waals surface area contributed by atoms with E-state index in [-0.39, 0.29) is 10.6 Å². The maximum absolute atomic E-state index is 12.7. The van der Waals surface area contributed by atoms with Crippen LogP contribution in [0, 0.1) is 13.8 Å². The van der Waals surface area contributed by atoms with Crippen LogP contribution in [0.1, 0.15) is 27.4 Å². The van der Waals surface area contributed by atoms with Crippen molar-refractivity contribution >= 4 is 21.6 Å². The molecule has 0 atom stereocenters. The van der Waals surface area contributed by atoms with Gasteiger partial charge in [0.25, 0.3) is 5.91 Å². The Morgan fingerprint density at radius 2 is 1.81 bits per heavy atom. The Morgan fingerprint density at radius 1 is 1.12 bits per heavy atom. The first-order chi connectivity index (χ1) is 15.1. The Morgan fingerprint density at radius 3 is 2.38 bits per heavy atom. The maximum Gasteiger partial charge on any atom is 0.255 e. The van der Waals surface area contributed by atoms with E-state index in [2.05, 4.69) is 10.5 Å². The molecule has 0 aliphatic carbocycles. The van der Waals surface area contributed by atoms with Crippen molar-refractivity contribution in [1.29, 1.82) is 0 Å². The number of carbonyl (C=O) groups is 1. The van der Waals surface area contributed by atoms with Crippen LogP contribution in [0.5, 0.6) is 11.5 Å². The van der Waals surface area contributed by atoms with Crippen molar-refractivity contribution < 1.29 is 27.2 Å². The van der Waals surface area contributed by atoms with E-state index >= 15 is 0 Å². The summed E-state index contributed by atoms with van der Waals surface area (Å²) in [5.41, 5.74) is 2.27. The van der Waals surface area contributed by atoms with Crippen molar-refractivity contribution in [3.05, 3.63) is 65.0 Å². The molecule has 1 heterocycles. The lowest BCUT2D eigenvalue weighted by Gasteiger charge is -2.15. The fourth-order valence-electron chi connectivity index (χ4n) is 2.92. The number of sulfonamides is 1. The molecule has 0 aliphatic heterocycles. The van der Waals surface area contributed by atoms with Crippen LogP contribution < -0.4 is 14.8 Å². The van der Waals surface area contributed by atoms with E-state index < -0.39 is 15.9 Å². The van der Waals surface area contributed by atoms with Crippen LogP contribution in [-0.4, -0.2) is 45.0 Å². The summed E-state index contributed by atoms with van der Waals surface area (Å²) in [5.74, 6) is 1.21. The Bertz CT molecular complexity index is 1200. The lowest BCUT2D eigenvalue weighted by Crippen LogP contribution is -2.22. The molecule has 0 bridgehead atoms. The van der Waals surface area contributed by atoms with Crippen molar-refractivity contribution in [3.63, 3.8) is 0 Å². The van der Waals surface area contributed by atoms with Crippen LogP contribution >= 0.6 is 0 Å². The summed E-state index contributed by atoms with van der Waals surface area (Å²) in [4.78, 5) is 12.8. The molecule has 3 aromatic rings. The number of hydrogen-bond acceptors (Lipinski definition) is 7. The molecule has 0 unspecified atom stereocenters. The zero-order valence-electron chi connectivity index (χ0n) is 18.5. The molecule has 10 heteroatoms. The number of aromatic nitrogens is 1. The van der Waals surface area contributed by atoms with Crippen molar-refractivity contribution in [2.75, 3.05) is 26.5 Å². The van der Waals surface area contributed by atoms with Crippen LogP contribution in [0.2, 0.25) is 0 Å². The van der Waals surface area contributed by atoms with Gasteiger partial charge in [0.1, 0.15) is 23.9 Å². The Hall–Kier alpha value is -3.37. The summed E-state index contributed by atoms with van der Waals surface area (Å²) < 4.78 is 42.1. The molecule has 9 nitrogen and oxygen atoms in total. The molecule has 3 rings (SSSR count). The smallest absolute Gasteiger partial charge is 0.255 e. The highest BCUT2D eigenvalue weighted by Crippen LogP contribution is 2.29. The number of amides is 1. The minimum absolute atomic E-state index is 0.0432. The molecular weight excluding hydrogens is 434 g/mol. The second-order valence-corrected chi connectivity index (χ2v) is 9.37. The van der Waals surface area contributed by atoms with E-state index in [1.54, 1.807) is 24.3 Å². The SMILES string of the molecule is COc1ccc(S(=O)(=O)N(C)C)cc1NC(=O)c1ccc(OCc2c(C)noc2C)cc1. The second kappa shape index (κ2) is 9.41. The number of nitrogens with one attached hydrogen (secondary N) is 1. The van der Waals surface area contributed by atoms with E-state index in [1.807, 2.05) is 13.8 Å². The highest BCUT2D eigenvalue weighted by Gasteiger charge is 2.20. The van der Waals surface area contributed by atoms with Gasteiger partial charge in [-0.05, 0) is 56.3 Å². The summed E-state index contributed by atoms with van der Waals surface area (Å²) in [6.07, 6.45) is 0. The summed E-state index contributed by atoms with van der Waals surface area (Å²) in [7, 11) is 0.653. The minimum Gasteiger partial charge on any atom is -0.495 e. The average Bonchev–Trinajstić information content (AvgIpc) is 3.09. The average molecular weight is 460 g/mol. The molecule has 0 saturated heterocycles. The normalized spacial score (nSPS) is 11.4. The number of hydrogen-bond donors (Lipinski definition) is 1. The van der Waals surface area contributed by atoms with E-state index in [9.17, 15) is 13.2 Å². The lowest BCUT2D eigenvalue weighted by atomic mass is 10.2. The van der Waals surface area contributed by atoms with Crippen LogP contribution in [0.4, 0.5) is 5.69 Å². The van der Waals surface area contributed by atoms with Crippen molar-refractivity contribution in [1.82, 2.24) is 9.46 Å². The summed E-state index contributed by atoms with van der Waals surface area (Å²) in [6, 6.07) is 10.9. The Kier molecular flexibility index (Phi) is 6.85. The number of rotatable bonds is 8. The van der Waals surface area contributed by atoms with E-state index in [4.69, 9.17) is 14.0 Å². The molecule has 1 aromatic heterocycles. The van der Waals surface area contributed by atoms with Crippen LogP contribution in [0.3, 0.4) is 0 Å². The van der Waals surface area contributed by atoms with E-state index in [1.165, 1.54) is 39.4 Å². The molecular formula is C22H25N3O6S.